The number of aldehydes is 1. The molecule has 5 heteroatoms. The van der Waals surface area contributed by atoms with Crippen molar-refractivity contribution in [1.29, 1.82) is 5.26 Å². The van der Waals surface area contributed by atoms with Crippen LogP contribution in [-0.4, -0.2) is 14.7 Å². The number of carbonyl (C=O) groups is 1. The first-order chi connectivity index (χ1) is 10.1. The molecule has 21 heavy (non-hydrogen) atoms. The zero-order valence-corrected chi connectivity index (χ0v) is 11.7. The SMILES string of the molecule is N#C/C(=C/c1ccc(C=O)cc1)S(=O)(=O)c1ccccc1. The summed E-state index contributed by atoms with van der Waals surface area (Å²) >= 11 is 0. The van der Waals surface area contributed by atoms with E-state index in [-0.39, 0.29) is 9.80 Å². The molecule has 0 N–H and O–H groups in total. The molecule has 0 aliphatic heterocycles. The summed E-state index contributed by atoms with van der Waals surface area (Å²) in [5, 5.41) is 9.13. The number of hydrogen-bond acceptors (Lipinski definition) is 4. The fourth-order valence-corrected chi connectivity index (χ4v) is 2.90. The lowest BCUT2D eigenvalue weighted by Gasteiger charge is -2.03. The predicted octanol–water partition coefficient (Wildman–Crippen LogP) is 2.84. The molecule has 0 amide bonds. The number of carbonyl (C=O) groups excluding carboxylic acids is 1. The zero-order chi connectivity index (χ0) is 15.3. The first kappa shape index (κ1) is 14.7. The van der Waals surface area contributed by atoms with Crippen LogP contribution in [0.25, 0.3) is 6.08 Å². The lowest BCUT2D eigenvalue weighted by molar-refractivity contribution is 0.112. The smallest absolute Gasteiger partial charge is 0.216 e. The van der Waals surface area contributed by atoms with Crippen LogP contribution >= 0.6 is 0 Å². The van der Waals surface area contributed by atoms with Gasteiger partial charge in [0.05, 0.1) is 4.90 Å². The molecular formula is C16H11NO3S. The highest BCUT2D eigenvalue weighted by Crippen LogP contribution is 2.20. The summed E-state index contributed by atoms with van der Waals surface area (Å²) in [4.78, 5) is 10.3. The molecule has 2 rings (SSSR count). The first-order valence-corrected chi connectivity index (χ1v) is 7.53. The van der Waals surface area contributed by atoms with E-state index in [9.17, 15) is 13.2 Å². The van der Waals surface area contributed by atoms with E-state index in [0.717, 1.165) is 0 Å². The van der Waals surface area contributed by atoms with E-state index in [2.05, 4.69) is 0 Å². The van der Waals surface area contributed by atoms with Gasteiger partial charge in [-0.15, -0.1) is 0 Å². The molecule has 0 aliphatic rings. The van der Waals surface area contributed by atoms with Crippen LogP contribution in [0.2, 0.25) is 0 Å². The molecule has 2 aromatic rings. The quantitative estimate of drug-likeness (QED) is 0.642. The van der Waals surface area contributed by atoms with Gasteiger partial charge in [0.25, 0.3) is 0 Å². The Kier molecular flexibility index (Phi) is 4.31. The van der Waals surface area contributed by atoms with E-state index in [1.165, 1.54) is 18.2 Å². The minimum absolute atomic E-state index is 0.0716. The molecule has 0 bridgehead atoms. The van der Waals surface area contributed by atoms with Gasteiger partial charge in [-0.25, -0.2) is 8.42 Å². The molecule has 0 unspecified atom stereocenters. The number of hydrogen-bond donors (Lipinski definition) is 0. The third kappa shape index (κ3) is 3.25. The molecule has 104 valence electrons. The van der Waals surface area contributed by atoms with Crippen molar-refractivity contribution in [1.82, 2.24) is 0 Å². The van der Waals surface area contributed by atoms with E-state index in [1.54, 1.807) is 48.5 Å². The van der Waals surface area contributed by atoms with Gasteiger partial charge in [-0.3, -0.25) is 4.79 Å². The van der Waals surface area contributed by atoms with Crippen LogP contribution in [0.5, 0.6) is 0 Å². The van der Waals surface area contributed by atoms with E-state index in [0.29, 0.717) is 17.4 Å². The number of benzene rings is 2. The second-order valence-electron chi connectivity index (χ2n) is 4.22. The van der Waals surface area contributed by atoms with Gasteiger partial charge in [0.1, 0.15) is 17.3 Å². The van der Waals surface area contributed by atoms with Crippen LogP contribution < -0.4 is 0 Å². The number of nitriles is 1. The zero-order valence-electron chi connectivity index (χ0n) is 10.9. The van der Waals surface area contributed by atoms with Crippen LogP contribution in [0.1, 0.15) is 15.9 Å². The third-order valence-electron chi connectivity index (χ3n) is 2.82. The van der Waals surface area contributed by atoms with Gasteiger partial charge in [-0.1, -0.05) is 42.5 Å². The Hall–Kier alpha value is -2.71. The summed E-state index contributed by atoms with van der Waals surface area (Å²) < 4.78 is 24.7. The minimum atomic E-state index is -3.83. The van der Waals surface area contributed by atoms with Crippen molar-refractivity contribution in [2.45, 2.75) is 4.90 Å². The van der Waals surface area contributed by atoms with Gasteiger partial charge in [0, 0.05) is 5.56 Å². The average Bonchev–Trinajstić information content (AvgIpc) is 2.53. The summed E-state index contributed by atoms with van der Waals surface area (Å²) in [6.07, 6.45) is 1.98. The van der Waals surface area contributed by atoms with Crippen LogP contribution in [-0.2, 0) is 9.84 Å². The Bertz CT molecular complexity index is 814. The van der Waals surface area contributed by atoms with Gasteiger partial charge in [-0.2, -0.15) is 5.26 Å². The van der Waals surface area contributed by atoms with E-state index in [1.807, 2.05) is 0 Å². The van der Waals surface area contributed by atoms with Gasteiger partial charge in [0.2, 0.25) is 9.84 Å². The summed E-state index contributed by atoms with van der Waals surface area (Å²) in [5.41, 5.74) is 1.02. The second kappa shape index (κ2) is 6.16. The highest BCUT2D eigenvalue weighted by atomic mass is 32.2. The molecule has 4 nitrogen and oxygen atoms in total. The maximum absolute atomic E-state index is 12.3. The van der Waals surface area contributed by atoms with Gasteiger partial charge >= 0.3 is 0 Å². The summed E-state index contributed by atoms with van der Waals surface area (Å²) in [6.45, 7) is 0. The molecule has 0 heterocycles. The summed E-state index contributed by atoms with van der Waals surface area (Å²) in [5.74, 6) is 0. The molecule has 0 aromatic heterocycles. The summed E-state index contributed by atoms with van der Waals surface area (Å²) in [7, 11) is -3.83. The normalized spacial score (nSPS) is 11.7. The Labute approximate surface area is 122 Å². The number of rotatable bonds is 4. The Balaban J connectivity index is 2.46. The molecule has 0 spiro atoms. The second-order valence-corrected chi connectivity index (χ2v) is 6.14. The van der Waals surface area contributed by atoms with Crippen LogP contribution in [0.3, 0.4) is 0 Å². The Morgan fingerprint density at radius 3 is 2.05 bits per heavy atom. The molecule has 0 fully saturated rings. The minimum Gasteiger partial charge on any atom is -0.298 e. The fraction of sp³-hybridized carbons (Fsp3) is 0. The van der Waals surface area contributed by atoms with E-state index < -0.39 is 9.84 Å². The Morgan fingerprint density at radius 1 is 0.952 bits per heavy atom. The van der Waals surface area contributed by atoms with Crippen molar-refractivity contribution < 1.29 is 13.2 Å². The van der Waals surface area contributed by atoms with Crippen LogP contribution in [0, 0.1) is 11.3 Å². The lowest BCUT2D eigenvalue weighted by Crippen LogP contribution is -2.03. The monoisotopic (exact) mass is 297 g/mol. The molecule has 0 saturated heterocycles. The van der Waals surface area contributed by atoms with E-state index >= 15 is 0 Å². The lowest BCUT2D eigenvalue weighted by atomic mass is 10.1. The predicted molar refractivity (Wildman–Crippen MR) is 79.0 cm³/mol. The fourth-order valence-electron chi connectivity index (χ4n) is 1.72. The van der Waals surface area contributed by atoms with Crippen molar-refractivity contribution >= 4 is 22.2 Å². The van der Waals surface area contributed by atoms with Crippen molar-refractivity contribution in [2.75, 3.05) is 0 Å². The molecule has 0 aliphatic carbocycles. The highest BCUT2D eigenvalue weighted by molar-refractivity contribution is 7.95. The van der Waals surface area contributed by atoms with Gasteiger partial charge in [0.15, 0.2) is 0 Å². The number of allylic oxidation sites excluding steroid dienone is 1. The van der Waals surface area contributed by atoms with Gasteiger partial charge in [-0.05, 0) is 23.8 Å². The topological polar surface area (TPSA) is 75.0 Å². The number of sulfone groups is 1. The van der Waals surface area contributed by atoms with E-state index in [4.69, 9.17) is 5.26 Å². The molecule has 0 saturated carbocycles. The first-order valence-electron chi connectivity index (χ1n) is 6.05. The van der Waals surface area contributed by atoms with Crippen LogP contribution in [0.4, 0.5) is 0 Å². The highest BCUT2D eigenvalue weighted by Gasteiger charge is 2.20. The molecule has 2 aromatic carbocycles. The Morgan fingerprint density at radius 2 is 1.52 bits per heavy atom. The third-order valence-corrected chi connectivity index (χ3v) is 4.50. The molecular weight excluding hydrogens is 286 g/mol. The van der Waals surface area contributed by atoms with Gasteiger partial charge < -0.3 is 0 Å². The largest absolute Gasteiger partial charge is 0.298 e. The van der Waals surface area contributed by atoms with Crippen molar-refractivity contribution in [3.63, 3.8) is 0 Å². The maximum Gasteiger partial charge on any atom is 0.216 e. The maximum atomic E-state index is 12.3. The average molecular weight is 297 g/mol. The molecule has 0 radical (unpaired) electrons. The van der Waals surface area contributed by atoms with Crippen molar-refractivity contribution in [3.8, 4) is 6.07 Å². The number of nitrogens with zero attached hydrogens (tertiary/aromatic N) is 1. The van der Waals surface area contributed by atoms with Crippen molar-refractivity contribution in [2.24, 2.45) is 0 Å². The standard InChI is InChI=1S/C16H11NO3S/c17-11-16(10-13-6-8-14(12-18)9-7-13)21(19,20)15-4-2-1-3-5-15/h1-10,12H/b16-10-. The van der Waals surface area contributed by atoms with Crippen LogP contribution in [0.15, 0.2) is 64.4 Å². The van der Waals surface area contributed by atoms with Crippen molar-refractivity contribution in [3.05, 3.63) is 70.6 Å². The molecule has 0 atom stereocenters. The summed E-state index contributed by atoms with van der Waals surface area (Å²) in [6, 6.07) is 15.8.